The Morgan fingerprint density at radius 3 is 2.85 bits per heavy atom. The number of urea groups is 1. The molecule has 2 saturated heterocycles. The van der Waals surface area contributed by atoms with Crippen LogP contribution in [-0.2, 0) is 9.53 Å². The average molecular weight is 575 g/mol. The third-order valence-electron chi connectivity index (χ3n) is 7.55. The number of amidine groups is 1. The van der Waals surface area contributed by atoms with Crippen LogP contribution >= 0.6 is 22.9 Å². The van der Waals surface area contributed by atoms with E-state index in [1.807, 2.05) is 15.2 Å². The van der Waals surface area contributed by atoms with E-state index < -0.39 is 17.8 Å². The molecule has 39 heavy (non-hydrogen) atoms. The maximum Gasteiger partial charge on any atom is 0.338 e. The van der Waals surface area contributed by atoms with Crippen molar-refractivity contribution >= 4 is 40.8 Å². The Kier molecular flexibility index (Phi) is 8.20. The van der Waals surface area contributed by atoms with Crippen molar-refractivity contribution in [2.75, 3.05) is 46.4 Å². The highest BCUT2D eigenvalue weighted by molar-refractivity contribution is 7.11. The monoisotopic (exact) mass is 574 g/mol. The van der Waals surface area contributed by atoms with Gasteiger partial charge in [-0.2, -0.15) is 0 Å². The highest BCUT2D eigenvalue weighted by atomic mass is 35.5. The second-order valence-corrected chi connectivity index (χ2v) is 11.5. The Balaban J connectivity index is 1.45. The van der Waals surface area contributed by atoms with Gasteiger partial charge in [-0.3, -0.25) is 9.89 Å². The third kappa shape index (κ3) is 5.66. The summed E-state index contributed by atoms with van der Waals surface area (Å²) in [5, 5.41) is 6.01. The van der Waals surface area contributed by atoms with Crippen molar-refractivity contribution in [3.05, 3.63) is 62.5 Å². The third-order valence-corrected chi connectivity index (χ3v) is 8.66. The standard InChI is InChI=1S/C27H32ClFN6O3S/c1-4-16(2)12-34-14-18-13-33(8-9-35(18)27(34)37)15-21-22(26(36)38-3)23(19-6-5-17(29)11-20(19)28)32-24(31-21)25-30-7-10-39-25/h5-7,10-11,16,18,23H,4,8-9,12-15H2,1-3H3,(H,31,32)/t16?,18-,23-/m0/s1. The first-order valence-corrected chi connectivity index (χ1v) is 14.3. The number of rotatable bonds is 8. The number of nitrogens with zero attached hydrogens (tertiary/aromatic N) is 5. The summed E-state index contributed by atoms with van der Waals surface area (Å²) in [5.74, 6) is -0.0620. The maximum atomic E-state index is 13.9. The zero-order valence-corrected chi connectivity index (χ0v) is 23.8. The molecule has 0 radical (unpaired) electrons. The van der Waals surface area contributed by atoms with E-state index >= 15 is 0 Å². The number of carbonyl (C=O) groups is 2. The van der Waals surface area contributed by atoms with Gasteiger partial charge in [0.2, 0.25) is 0 Å². The van der Waals surface area contributed by atoms with Crippen LogP contribution in [0.5, 0.6) is 0 Å². The molecular weight excluding hydrogens is 543 g/mol. The second-order valence-electron chi connectivity index (χ2n) is 10.2. The van der Waals surface area contributed by atoms with Crippen LogP contribution in [0.25, 0.3) is 0 Å². The largest absolute Gasteiger partial charge is 0.466 e. The van der Waals surface area contributed by atoms with E-state index in [4.69, 9.17) is 21.3 Å². The zero-order chi connectivity index (χ0) is 27.7. The normalized spacial score (nSPS) is 22.5. The second kappa shape index (κ2) is 11.6. The number of methoxy groups -OCH3 is 1. The van der Waals surface area contributed by atoms with Crippen molar-refractivity contribution in [1.29, 1.82) is 0 Å². The van der Waals surface area contributed by atoms with Crippen molar-refractivity contribution < 1.29 is 18.7 Å². The van der Waals surface area contributed by atoms with Crippen molar-refractivity contribution in [1.82, 2.24) is 25.0 Å². The smallest absolute Gasteiger partial charge is 0.338 e. The highest BCUT2D eigenvalue weighted by Crippen LogP contribution is 2.37. The first-order chi connectivity index (χ1) is 18.8. The lowest BCUT2D eigenvalue weighted by molar-refractivity contribution is -0.136. The molecule has 2 aromatic rings. The molecule has 0 saturated carbocycles. The van der Waals surface area contributed by atoms with E-state index in [9.17, 15) is 14.0 Å². The summed E-state index contributed by atoms with van der Waals surface area (Å²) in [6.45, 7) is 8.11. The number of nitrogens with one attached hydrogen (secondary N) is 1. The molecule has 4 heterocycles. The minimum Gasteiger partial charge on any atom is -0.466 e. The van der Waals surface area contributed by atoms with Crippen LogP contribution in [0.2, 0.25) is 5.02 Å². The lowest BCUT2D eigenvalue weighted by Gasteiger charge is -2.38. The van der Waals surface area contributed by atoms with E-state index in [1.54, 1.807) is 12.3 Å². The minimum absolute atomic E-state index is 0.0792. The number of thiazole rings is 1. The van der Waals surface area contributed by atoms with Crippen LogP contribution < -0.4 is 5.32 Å². The minimum atomic E-state index is -0.805. The SMILES string of the molecule is CCC(C)CN1C[C@@H]2CN(CC3=C(C(=O)OC)[C@H](c4ccc(F)cc4Cl)N=C(c4nccs4)N3)CCN2C1=O. The molecule has 1 aromatic carbocycles. The van der Waals surface area contributed by atoms with Gasteiger partial charge in [-0.15, -0.1) is 11.3 Å². The predicted octanol–water partition coefficient (Wildman–Crippen LogP) is 3.92. The number of aliphatic imine (C=N–C) groups is 1. The van der Waals surface area contributed by atoms with Gasteiger partial charge in [-0.1, -0.05) is 37.9 Å². The van der Waals surface area contributed by atoms with E-state index in [2.05, 4.69) is 29.0 Å². The zero-order valence-electron chi connectivity index (χ0n) is 22.2. The van der Waals surface area contributed by atoms with E-state index in [0.29, 0.717) is 66.3 Å². The summed E-state index contributed by atoms with van der Waals surface area (Å²) in [6, 6.07) is 3.45. The molecule has 3 atom stereocenters. The number of hydrogen-bond donors (Lipinski definition) is 1. The predicted molar refractivity (Wildman–Crippen MR) is 148 cm³/mol. The molecule has 5 rings (SSSR count). The molecule has 0 spiro atoms. The van der Waals surface area contributed by atoms with Crippen LogP contribution in [0.1, 0.15) is 36.9 Å². The fourth-order valence-corrected chi connectivity index (χ4v) is 6.19. The molecule has 1 N–H and O–H groups in total. The number of halogens is 2. The van der Waals surface area contributed by atoms with Crippen molar-refractivity contribution in [3.8, 4) is 0 Å². The summed E-state index contributed by atoms with van der Waals surface area (Å²) in [7, 11) is 1.32. The summed E-state index contributed by atoms with van der Waals surface area (Å²) in [5.41, 5.74) is 1.44. The lowest BCUT2D eigenvalue weighted by Crippen LogP contribution is -2.53. The van der Waals surface area contributed by atoms with Gasteiger partial charge in [0.15, 0.2) is 10.8 Å². The van der Waals surface area contributed by atoms with Crippen LogP contribution in [0.3, 0.4) is 0 Å². The molecule has 9 nitrogen and oxygen atoms in total. The highest BCUT2D eigenvalue weighted by Gasteiger charge is 2.42. The number of carbonyl (C=O) groups excluding carboxylic acids is 2. The molecule has 1 unspecified atom stereocenters. The Hall–Kier alpha value is -3.02. The molecular formula is C27H32ClFN6O3S. The summed E-state index contributed by atoms with van der Waals surface area (Å²) in [4.78, 5) is 41.5. The molecule has 0 aliphatic carbocycles. The van der Waals surface area contributed by atoms with Crippen LogP contribution in [-0.4, -0.2) is 89.9 Å². The summed E-state index contributed by atoms with van der Waals surface area (Å²) >= 11 is 7.87. The van der Waals surface area contributed by atoms with Crippen LogP contribution in [0.15, 0.2) is 46.0 Å². The van der Waals surface area contributed by atoms with Gasteiger partial charge < -0.3 is 19.9 Å². The molecule has 1 aromatic heterocycles. The van der Waals surface area contributed by atoms with Gasteiger partial charge in [-0.25, -0.2) is 19.0 Å². The number of piperazine rings is 1. The van der Waals surface area contributed by atoms with Gasteiger partial charge in [0.05, 0.1) is 18.7 Å². The van der Waals surface area contributed by atoms with Crippen LogP contribution in [0.4, 0.5) is 9.18 Å². The quantitative estimate of drug-likeness (QED) is 0.481. The lowest BCUT2D eigenvalue weighted by atomic mass is 9.95. The van der Waals surface area contributed by atoms with Crippen molar-refractivity contribution in [2.24, 2.45) is 10.9 Å². The first kappa shape index (κ1) is 27.5. The Labute approximate surface area is 236 Å². The maximum absolute atomic E-state index is 13.9. The molecule has 3 aliphatic rings. The van der Waals surface area contributed by atoms with Crippen LogP contribution in [0, 0.1) is 11.7 Å². The molecule has 2 fully saturated rings. The van der Waals surface area contributed by atoms with Gasteiger partial charge in [-0.05, 0) is 18.1 Å². The Morgan fingerprint density at radius 1 is 1.33 bits per heavy atom. The van der Waals surface area contributed by atoms with E-state index in [1.165, 1.54) is 30.6 Å². The van der Waals surface area contributed by atoms with E-state index in [-0.39, 0.29) is 17.1 Å². The van der Waals surface area contributed by atoms with Crippen molar-refractivity contribution in [2.45, 2.75) is 32.4 Å². The fourth-order valence-electron chi connectivity index (χ4n) is 5.34. The average Bonchev–Trinajstić information content (AvgIpc) is 3.56. The number of benzene rings is 1. The van der Waals surface area contributed by atoms with Gasteiger partial charge in [0, 0.05) is 67.1 Å². The number of esters is 1. The summed E-state index contributed by atoms with van der Waals surface area (Å²) < 4.78 is 19.1. The number of hydrogen-bond acceptors (Lipinski definition) is 8. The number of ether oxygens (including phenoxy) is 1. The Bertz CT molecular complexity index is 1300. The molecule has 3 aliphatic heterocycles. The number of fused-ring (bicyclic) bond motifs is 1. The van der Waals surface area contributed by atoms with Gasteiger partial charge in [0.25, 0.3) is 0 Å². The molecule has 2 amide bonds. The first-order valence-electron chi connectivity index (χ1n) is 13.1. The van der Waals surface area contributed by atoms with Gasteiger partial charge >= 0.3 is 12.0 Å². The van der Waals surface area contributed by atoms with Gasteiger partial charge in [0.1, 0.15) is 11.9 Å². The summed E-state index contributed by atoms with van der Waals surface area (Å²) in [6.07, 6.45) is 2.71. The fraction of sp³-hybridized carbons (Fsp3) is 0.481. The molecule has 12 heteroatoms. The topological polar surface area (TPSA) is 90.4 Å². The van der Waals surface area contributed by atoms with Crippen molar-refractivity contribution in [3.63, 3.8) is 0 Å². The number of aromatic nitrogens is 1. The number of amides is 2. The molecule has 208 valence electrons. The van der Waals surface area contributed by atoms with E-state index in [0.717, 1.165) is 13.0 Å². The molecule has 0 bridgehead atoms. The Morgan fingerprint density at radius 2 is 2.15 bits per heavy atom.